The van der Waals surface area contributed by atoms with E-state index in [4.69, 9.17) is 15.5 Å². The predicted octanol–water partition coefficient (Wildman–Crippen LogP) is 4.61. The van der Waals surface area contributed by atoms with Gasteiger partial charge in [-0.1, -0.05) is 62.4 Å². The molecule has 1 aliphatic heterocycles. The Kier molecular flexibility index (Phi) is 9.95. The van der Waals surface area contributed by atoms with E-state index in [0.29, 0.717) is 19.2 Å². The fourth-order valence-corrected chi connectivity index (χ4v) is 4.89. The molecule has 0 amide bonds. The molecule has 2 aromatic heterocycles. The van der Waals surface area contributed by atoms with Crippen LogP contribution in [0, 0.1) is 18.8 Å². The van der Waals surface area contributed by atoms with E-state index < -0.39 is 0 Å². The minimum atomic E-state index is 0.379. The van der Waals surface area contributed by atoms with Crippen molar-refractivity contribution in [3.8, 4) is 11.8 Å². The van der Waals surface area contributed by atoms with Crippen molar-refractivity contribution in [2.45, 2.75) is 66.2 Å². The minimum absolute atomic E-state index is 0.379. The number of rotatable bonds is 11. The highest BCUT2D eigenvalue weighted by molar-refractivity contribution is 5.91. The summed E-state index contributed by atoms with van der Waals surface area (Å²) < 4.78 is 8.16. The van der Waals surface area contributed by atoms with Gasteiger partial charge >= 0.3 is 0 Å². The van der Waals surface area contributed by atoms with Crippen LogP contribution in [0.3, 0.4) is 0 Å². The third-order valence-electron chi connectivity index (χ3n) is 7.22. The Balaban J connectivity index is 1.49. The summed E-state index contributed by atoms with van der Waals surface area (Å²) in [4.78, 5) is 14.6. The molecule has 198 valence electrons. The maximum atomic E-state index is 6.49. The number of ether oxygens (including phenoxy) is 1. The number of nitrogens with two attached hydrogens (primary N) is 1. The van der Waals surface area contributed by atoms with Crippen molar-refractivity contribution in [3.63, 3.8) is 0 Å². The quantitative estimate of drug-likeness (QED) is 0.305. The third kappa shape index (κ3) is 7.10. The number of hydrogen-bond acceptors (Lipinski definition) is 6. The van der Waals surface area contributed by atoms with Gasteiger partial charge in [0.1, 0.15) is 23.6 Å². The molecule has 1 aromatic carbocycles. The number of piperazine rings is 1. The summed E-state index contributed by atoms with van der Waals surface area (Å²) >= 11 is 0. The monoisotopic (exact) mass is 502 g/mol. The van der Waals surface area contributed by atoms with Crippen molar-refractivity contribution >= 4 is 16.9 Å². The summed E-state index contributed by atoms with van der Waals surface area (Å²) in [7, 11) is 0. The average Bonchev–Trinajstić information content (AvgIpc) is 3.19. The lowest BCUT2D eigenvalue weighted by Crippen LogP contribution is -2.46. The fraction of sp³-hybridized carbons (Fsp3) is 0.533. The molecular weight excluding hydrogens is 460 g/mol. The number of aryl methyl sites for hydroxylation is 1. The number of fused-ring (bicyclic) bond motifs is 1. The molecular formula is C30H42N6O. The van der Waals surface area contributed by atoms with Crippen LogP contribution in [0.25, 0.3) is 11.0 Å². The van der Waals surface area contributed by atoms with Gasteiger partial charge in [-0.25, -0.2) is 9.97 Å². The Labute approximate surface area is 222 Å². The van der Waals surface area contributed by atoms with Gasteiger partial charge in [0, 0.05) is 44.7 Å². The van der Waals surface area contributed by atoms with Gasteiger partial charge in [0.25, 0.3) is 0 Å². The highest BCUT2D eigenvalue weighted by Crippen LogP contribution is 2.28. The summed E-state index contributed by atoms with van der Waals surface area (Å²) in [6.45, 7) is 14.3. The van der Waals surface area contributed by atoms with Gasteiger partial charge in [-0.05, 0) is 38.4 Å². The molecule has 0 radical (unpaired) electrons. The van der Waals surface area contributed by atoms with Gasteiger partial charge in [-0.3, -0.25) is 0 Å². The van der Waals surface area contributed by atoms with E-state index in [9.17, 15) is 0 Å². The van der Waals surface area contributed by atoms with Crippen molar-refractivity contribution in [2.75, 3.05) is 45.0 Å². The lowest BCUT2D eigenvalue weighted by molar-refractivity contribution is 0.0657. The van der Waals surface area contributed by atoms with E-state index >= 15 is 0 Å². The molecule has 1 saturated heterocycles. The topological polar surface area (TPSA) is 72.4 Å². The van der Waals surface area contributed by atoms with Crippen LogP contribution in [0.1, 0.15) is 62.2 Å². The lowest BCUT2D eigenvalue weighted by Gasteiger charge is -2.33. The van der Waals surface area contributed by atoms with E-state index in [1.54, 1.807) is 0 Å². The Hall–Kier alpha value is -2.92. The van der Waals surface area contributed by atoms with Crippen LogP contribution in [-0.2, 0) is 24.5 Å². The maximum Gasteiger partial charge on any atom is 0.151 e. The number of aromatic nitrogens is 3. The van der Waals surface area contributed by atoms with Crippen LogP contribution in [0.15, 0.2) is 30.3 Å². The average molecular weight is 503 g/mol. The zero-order valence-electron chi connectivity index (χ0n) is 22.8. The van der Waals surface area contributed by atoms with Gasteiger partial charge < -0.3 is 24.8 Å². The second-order valence-corrected chi connectivity index (χ2v) is 9.86. The third-order valence-corrected chi connectivity index (χ3v) is 7.22. The molecule has 0 atom stereocenters. The van der Waals surface area contributed by atoms with E-state index in [2.05, 4.69) is 64.1 Å². The number of nitrogen functional groups attached to an aromatic ring is 1. The highest BCUT2D eigenvalue weighted by Gasteiger charge is 2.19. The minimum Gasteiger partial charge on any atom is -0.382 e. The fourth-order valence-electron chi connectivity index (χ4n) is 4.89. The molecule has 0 aliphatic carbocycles. The lowest BCUT2D eigenvalue weighted by atomic mass is 10.2. The first kappa shape index (κ1) is 27.1. The number of benzene rings is 1. The number of anilines is 1. The number of nitrogens with zero attached hydrogens (tertiary/aromatic N) is 5. The zero-order chi connectivity index (χ0) is 26.0. The summed E-state index contributed by atoms with van der Waals surface area (Å²) in [6.07, 6.45) is 4.90. The van der Waals surface area contributed by atoms with Crippen LogP contribution in [0.4, 0.5) is 5.82 Å². The van der Waals surface area contributed by atoms with Crippen molar-refractivity contribution in [1.29, 1.82) is 0 Å². The summed E-state index contributed by atoms with van der Waals surface area (Å²) in [5, 5.41) is 0. The van der Waals surface area contributed by atoms with Crippen molar-refractivity contribution in [3.05, 3.63) is 53.0 Å². The summed E-state index contributed by atoms with van der Waals surface area (Å²) in [5.74, 6) is 8.18. The summed E-state index contributed by atoms with van der Waals surface area (Å²) in [6, 6.07) is 10.2. The molecule has 3 aromatic rings. The van der Waals surface area contributed by atoms with Crippen molar-refractivity contribution in [1.82, 2.24) is 24.3 Å². The second-order valence-electron chi connectivity index (χ2n) is 9.86. The molecule has 2 N–H and O–H groups in total. The molecule has 4 rings (SSSR count). The highest BCUT2D eigenvalue weighted by atomic mass is 16.5. The van der Waals surface area contributed by atoms with Crippen LogP contribution in [-0.4, -0.2) is 63.6 Å². The van der Waals surface area contributed by atoms with Gasteiger partial charge in [-0.2, -0.15) is 0 Å². The molecule has 37 heavy (non-hydrogen) atoms. The Morgan fingerprint density at radius 3 is 2.49 bits per heavy atom. The molecule has 7 heteroatoms. The van der Waals surface area contributed by atoms with Crippen molar-refractivity contribution in [2.24, 2.45) is 0 Å². The van der Waals surface area contributed by atoms with Crippen LogP contribution >= 0.6 is 0 Å². The summed E-state index contributed by atoms with van der Waals surface area (Å²) in [5.41, 5.74) is 11.3. The molecule has 0 bridgehead atoms. The van der Waals surface area contributed by atoms with E-state index in [1.807, 2.05) is 18.2 Å². The first-order valence-electron chi connectivity index (χ1n) is 13.8. The molecule has 1 aliphatic rings. The van der Waals surface area contributed by atoms with Gasteiger partial charge in [0.2, 0.25) is 0 Å². The normalized spacial score (nSPS) is 14.7. The molecule has 3 heterocycles. The number of unbranched alkanes of at least 4 members (excludes halogenated alkanes) is 2. The Morgan fingerprint density at radius 2 is 1.76 bits per heavy atom. The van der Waals surface area contributed by atoms with Crippen LogP contribution in [0.5, 0.6) is 0 Å². The van der Waals surface area contributed by atoms with Crippen LogP contribution in [0.2, 0.25) is 0 Å². The smallest absolute Gasteiger partial charge is 0.151 e. The Bertz CT molecular complexity index is 1200. The molecule has 0 saturated carbocycles. The number of likely N-dealkylation sites (N-methyl/N-ethyl adjacent to an activating group) is 1. The molecule has 0 spiro atoms. The molecule has 1 fully saturated rings. The SMILES string of the molecule is CCCCc1nc(N)c2c(n1)c(C#CCCCN1CCN(CC)CC1)c(C)n2COCc1ccccc1. The first-order valence-corrected chi connectivity index (χ1v) is 13.8. The maximum absolute atomic E-state index is 6.49. The van der Waals surface area contributed by atoms with E-state index in [1.165, 1.54) is 13.1 Å². The molecule has 7 nitrogen and oxygen atoms in total. The predicted molar refractivity (Wildman–Crippen MR) is 151 cm³/mol. The van der Waals surface area contributed by atoms with E-state index in [0.717, 1.165) is 92.0 Å². The Morgan fingerprint density at radius 1 is 1.00 bits per heavy atom. The first-order chi connectivity index (χ1) is 18.1. The molecule has 0 unspecified atom stereocenters. The largest absolute Gasteiger partial charge is 0.382 e. The van der Waals surface area contributed by atoms with Gasteiger partial charge in [-0.15, -0.1) is 0 Å². The standard InChI is InChI=1S/C30H42N6O/c1-4-6-16-27-32-28-26(15-11-8-12-17-35-20-18-34(5-2)19-21-35)24(3)36(29(28)30(31)33-27)23-37-22-25-13-9-7-10-14-25/h7,9-10,13-14H,4-6,8,12,16-23H2,1-3H3,(H2,31,32,33). The van der Waals surface area contributed by atoms with Gasteiger partial charge in [0.05, 0.1) is 12.2 Å². The van der Waals surface area contributed by atoms with Crippen molar-refractivity contribution < 1.29 is 4.74 Å². The van der Waals surface area contributed by atoms with E-state index in [-0.39, 0.29) is 0 Å². The van der Waals surface area contributed by atoms with Gasteiger partial charge in [0.15, 0.2) is 5.82 Å². The van der Waals surface area contributed by atoms with Crippen LogP contribution < -0.4 is 5.73 Å². The number of hydrogen-bond donors (Lipinski definition) is 1. The second kappa shape index (κ2) is 13.6. The zero-order valence-corrected chi connectivity index (χ0v) is 22.8.